The molecule has 0 aliphatic rings. The van der Waals surface area contributed by atoms with E-state index in [1.54, 1.807) is 36.8 Å². The van der Waals surface area contributed by atoms with Crippen LogP contribution in [0, 0.1) is 0 Å². The maximum absolute atomic E-state index is 12.1. The molecule has 1 atom stereocenters. The van der Waals surface area contributed by atoms with Crippen LogP contribution in [0.1, 0.15) is 23.2 Å². The van der Waals surface area contributed by atoms with Crippen molar-refractivity contribution in [2.24, 2.45) is 0 Å². The molecule has 2 rings (SSSR count). The van der Waals surface area contributed by atoms with E-state index in [-0.39, 0.29) is 12.2 Å². The number of aryl methyl sites for hydroxylation is 1. The van der Waals surface area contributed by atoms with Gasteiger partial charge in [-0.15, -0.1) is 0 Å². The maximum atomic E-state index is 12.1. The van der Waals surface area contributed by atoms with Crippen molar-refractivity contribution in [1.29, 1.82) is 0 Å². The zero-order valence-corrected chi connectivity index (χ0v) is 13.2. The van der Waals surface area contributed by atoms with Crippen molar-refractivity contribution in [3.8, 4) is 0 Å². The fourth-order valence-electron chi connectivity index (χ4n) is 2.14. The first-order chi connectivity index (χ1) is 11.1. The smallest absolute Gasteiger partial charge is 0.321 e. The summed E-state index contributed by atoms with van der Waals surface area (Å²) in [5.74, 6) is -1.26. The molecule has 0 bridgehead atoms. The van der Waals surface area contributed by atoms with Crippen LogP contribution in [-0.2, 0) is 11.3 Å². The van der Waals surface area contributed by atoms with E-state index in [0.29, 0.717) is 17.1 Å². The number of nitrogens with one attached hydrogen (secondary N) is 1. The van der Waals surface area contributed by atoms with Crippen molar-refractivity contribution in [2.45, 2.75) is 25.4 Å². The van der Waals surface area contributed by atoms with Gasteiger partial charge in [-0.1, -0.05) is 11.6 Å². The number of carbonyl (C=O) groups excluding carboxylic acids is 1. The van der Waals surface area contributed by atoms with Crippen molar-refractivity contribution >= 4 is 23.4 Å². The number of hydrogen-bond donors (Lipinski definition) is 2. The van der Waals surface area contributed by atoms with Gasteiger partial charge < -0.3 is 15.0 Å². The van der Waals surface area contributed by atoms with E-state index in [1.807, 2.05) is 10.8 Å². The molecule has 6 nitrogen and oxygen atoms in total. The van der Waals surface area contributed by atoms with Gasteiger partial charge in [0.1, 0.15) is 6.04 Å². The number of nitrogens with zero attached hydrogens (tertiary/aromatic N) is 2. The van der Waals surface area contributed by atoms with Gasteiger partial charge in [-0.2, -0.15) is 0 Å². The van der Waals surface area contributed by atoms with E-state index < -0.39 is 12.0 Å². The Labute approximate surface area is 139 Å². The second-order valence-corrected chi connectivity index (χ2v) is 5.57. The summed E-state index contributed by atoms with van der Waals surface area (Å²) in [5, 5.41) is 12.7. The Kier molecular flexibility index (Phi) is 6.31. The zero-order valence-electron chi connectivity index (χ0n) is 12.5. The lowest BCUT2D eigenvalue weighted by Crippen LogP contribution is -2.39. The SMILES string of the molecule is O=C(C[C@@H](NCCCn1ccnc1)C(=O)O)c1ccc(Cl)cc1. The average Bonchev–Trinajstić information content (AvgIpc) is 3.04. The highest BCUT2D eigenvalue weighted by atomic mass is 35.5. The predicted molar refractivity (Wildman–Crippen MR) is 86.7 cm³/mol. The average molecular weight is 336 g/mol. The fourth-order valence-corrected chi connectivity index (χ4v) is 2.27. The molecule has 0 amide bonds. The second kappa shape index (κ2) is 8.45. The quantitative estimate of drug-likeness (QED) is 0.542. The number of carbonyl (C=O) groups is 2. The Balaban J connectivity index is 1.82. The predicted octanol–water partition coefficient (Wildman–Crippen LogP) is 2.24. The number of aliphatic carboxylic acids is 1. The van der Waals surface area contributed by atoms with Crippen LogP contribution < -0.4 is 5.32 Å². The van der Waals surface area contributed by atoms with Crippen LogP contribution in [0.5, 0.6) is 0 Å². The molecule has 0 spiro atoms. The Bertz CT molecular complexity index is 641. The van der Waals surface area contributed by atoms with Crippen molar-refractivity contribution in [1.82, 2.24) is 14.9 Å². The fraction of sp³-hybridized carbons (Fsp3) is 0.312. The van der Waals surface area contributed by atoms with Crippen LogP contribution in [0.25, 0.3) is 0 Å². The van der Waals surface area contributed by atoms with E-state index >= 15 is 0 Å². The molecule has 0 saturated carbocycles. The number of aromatic nitrogens is 2. The number of rotatable bonds is 9. The van der Waals surface area contributed by atoms with Gasteiger partial charge in [-0.05, 0) is 37.2 Å². The van der Waals surface area contributed by atoms with Crippen molar-refractivity contribution in [2.75, 3.05) is 6.54 Å². The van der Waals surface area contributed by atoms with Crippen molar-refractivity contribution < 1.29 is 14.7 Å². The number of carboxylic acids is 1. The first kappa shape index (κ1) is 17.2. The molecule has 0 radical (unpaired) electrons. The Morgan fingerprint density at radius 2 is 2.04 bits per heavy atom. The summed E-state index contributed by atoms with van der Waals surface area (Å²) >= 11 is 5.78. The summed E-state index contributed by atoms with van der Waals surface area (Å²) in [6.07, 6.45) is 5.90. The first-order valence-electron chi connectivity index (χ1n) is 7.27. The standard InChI is InChI=1S/C16H18ClN3O3/c17-13-4-2-12(3-5-13)15(21)10-14(16(22)23)19-6-1-8-20-9-7-18-11-20/h2-5,7,9,11,14,19H,1,6,8,10H2,(H,22,23)/t14-/m1/s1. The first-order valence-corrected chi connectivity index (χ1v) is 7.65. The molecule has 0 aliphatic heterocycles. The summed E-state index contributed by atoms with van der Waals surface area (Å²) in [6, 6.07) is 5.53. The molecule has 0 saturated heterocycles. The summed E-state index contributed by atoms with van der Waals surface area (Å²) in [6.45, 7) is 1.24. The van der Waals surface area contributed by atoms with Gasteiger partial charge in [-0.3, -0.25) is 9.59 Å². The minimum Gasteiger partial charge on any atom is -0.480 e. The van der Waals surface area contributed by atoms with Crippen LogP contribution in [0.3, 0.4) is 0 Å². The lowest BCUT2D eigenvalue weighted by atomic mass is 10.0. The molecule has 0 aliphatic carbocycles. The molecule has 2 aromatic rings. The Morgan fingerprint density at radius 3 is 2.65 bits per heavy atom. The van der Waals surface area contributed by atoms with E-state index in [9.17, 15) is 14.7 Å². The molecule has 1 aromatic heterocycles. The highest BCUT2D eigenvalue weighted by molar-refractivity contribution is 6.30. The lowest BCUT2D eigenvalue weighted by Gasteiger charge is -2.14. The van der Waals surface area contributed by atoms with Gasteiger partial charge in [0.15, 0.2) is 5.78 Å². The number of carboxylic acid groups (broad SMARTS) is 1. The van der Waals surface area contributed by atoms with E-state index in [0.717, 1.165) is 13.0 Å². The summed E-state index contributed by atoms with van der Waals surface area (Å²) in [5.41, 5.74) is 0.459. The topological polar surface area (TPSA) is 84.2 Å². The Hall–Kier alpha value is -2.18. The van der Waals surface area contributed by atoms with Crippen LogP contribution >= 0.6 is 11.6 Å². The number of Topliss-reactive ketones (excluding diaryl/α,β-unsaturated/α-hetero) is 1. The summed E-state index contributed by atoms with van der Waals surface area (Å²) in [4.78, 5) is 27.4. The summed E-state index contributed by atoms with van der Waals surface area (Å²) in [7, 11) is 0. The summed E-state index contributed by atoms with van der Waals surface area (Å²) < 4.78 is 1.91. The monoisotopic (exact) mass is 335 g/mol. The van der Waals surface area contributed by atoms with Crippen molar-refractivity contribution in [3.05, 3.63) is 53.6 Å². The van der Waals surface area contributed by atoms with Gasteiger partial charge in [0.05, 0.1) is 6.33 Å². The lowest BCUT2D eigenvalue weighted by molar-refractivity contribution is -0.139. The third-order valence-corrected chi connectivity index (χ3v) is 3.65. The van der Waals surface area contributed by atoms with Crippen LogP contribution in [0.4, 0.5) is 0 Å². The molecule has 2 N–H and O–H groups in total. The van der Waals surface area contributed by atoms with Gasteiger partial charge in [0.2, 0.25) is 0 Å². The molecular formula is C16H18ClN3O3. The molecule has 1 aromatic carbocycles. The number of imidazole rings is 1. The van der Waals surface area contributed by atoms with E-state index in [2.05, 4.69) is 10.3 Å². The largest absolute Gasteiger partial charge is 0.480 e. The van der Waals surface area contributed by atoms with Crippen molar-refractivity contribution in [3.63, 3.8) is 0 Å². The minimum absolute atomic E-state index is 0.0952. The van der Waals surface area contributed by atoms with Gasteiger partial charge in [-0.25, -0.2) is 4.98 Å². The molecule has 0 unspecified atom stereocenters. The van der Waals surface area contributed by atoms with E-state index in [4.69, 9.17) is 11.6 Å². The molecular weight excluding hydrogens is 318 g/mol. The second-order valence-electron chi connectivity index (χ2n) is 5.13. The zero-order chi connectivity index (χ0) is 16.7. The van der Waals surface area contributed by atoms with Crippen LogP contribution in [-0.4, -0.2) is 39.0 Å². The number of hydrogen-bond acceptors (Lipinski definition) is 4. The highest BCUT2D eigenvalue weighted by Crippen LogP contribution is 2.12. The number of benzene rings is 1. The van der Waals surface area contributed by atoms with Crippen LogP contribution in [0.15, 0.2) is 43.0 Å². The molecule has 1 heterocycles. The third-order valence-electron chi connectivity index (χ3n) is 3.40. The minimum atomic E-state index is -1.03. The molecule has 7 heteroatoms. The van der Waals surface area contributed by atoms with Gasteiger partial charge in [0.25, 0.3) is 0 Å². The van der Waals surface area contributed by atoms with Gasteiger partial charge in [0, 0.05) is 35.9 Å². The van der Waals surface area contributed by atoms with E-state index in [1.165, 1.54) is 0 Å². The highest BCUT2D eigenvalue weighted by Gasteiger charge is 2.21. The molecule has 0 fully saturated rings. The molecule has 23 heavy (non-hydrogen) atoms. The van der Waals surface area contributed by atoms with Crippen LogP contribution in [0.2, 0.25) is 5.02 Å². The molecule has 122 valence electrons. The number of halogens is 1. The van der Waals surface area contributed by atoms with Gasteiger partial charge >= 0.3 is 5.97 Å². The normalized spacial score (nSPS) is 12.0. The maximum Gasteiger partial charge on any atom is 0.321 e. The Morgan fingerprint density at radius 1 is 1.30 bits per heavy atom. The number of ketones is 1. The third kappa shape index (κ3) is 5.50.